The zero-order valence-electron chi connectivity index (χ0n) is 7.99. The number of thiophene rings is 1. The SMILES string of the molecule is CC(CNC(=O)c1csc(Br)c1)C(=O)O. The van der Waals surface area contributed by atoms with Crippen molar-refractivity contribution in [2.24, 2.45) is 5.92 Å². The van der Waals surface area contributed by atoms with Gasteiger partial charge in [-0.2, -0.15) is 0 Å². The summed E-state index contributed by atoms with van der Waals surface area (Å²) in [5, 5.41) is 12.9. The van der Waals surface area contributed by atoms with Crippen LogP contribution in [0.3, 0.4) is 0 Å². The van der Waals surface area contributed by atoms with Crippen LogP contribution in [0.1, 0.15) is 17.3 Å². The highest BCUT2D eigenvalue weighted by Crippen LogP contribution is 2.20. The van der Waals surface area contributed by atoms with E-state index < -0.39 is 11.9 Å². The Kier molecular flexibility index (Phi) is 4.28. The van der Waals surface area contributed by atoms with Gasteiger partial charge in [-0.25, -0.2) is 0 Å². The minimum Gasteiger partial charge on any atom is -0.481 e. The first-order chi connectivity index (χ1) is 7.00. The van der Waals surface area contributed by atoms with Gasteiger partial charge in [0.1, 0.15) is 0 Å². The van der Waals surface area contributed by atoms with Crippen LogP contribution in [0.4, 0.5) is 0 Å². The first kappa shape index (κ1) is 12.2. The summed E-state index contributed by atoms with van der Waals surface area (Å²) in [6.07, 6.45) is 0. The van der Waals surface area contributed by atoms with E-state index in [1.165, 1.54) is 11.3 Å². The van der Waals surface area contributed by atoms with Gasteiger partial charge in [-0.3, -0.25) is 9.59 Å². The fraction of sp³-hybridized carbons (Fsp3) is 0.333. The molecule has 1 amide bonds. The van der Waals surface area contributed by atoms with Crippen LogP contribution >= 0.6 is 27.3 Å². The molecule has 0 aromatic carbocycles. The van der Waals surface area contributed by atoms with Crippen LogP contribution in [-0.2, 0) is 4.79 Å². The number of carboxylic acids is 1. The van der Waals surface area contributed by atoms with E-state index in [9.17, 15) is 9.59 Å². The van der Waals surface area contributed by atoms with E-state index in [1.54, 1.807) is 18.4 Å². The van der Waals surface area contributed by atoms with Gasteiger partial charge in [0.05, 0.1) is 15.3 Å². The standard InChI is InChI=1S/C9H10BrNO3S/c1-5(9(13)14)3-11-8(12)6-2-7(10)15-4-6/h2,4-5H,3H2,1H3,(H,11,12)(H,13,14). The molecule has 15 heavy (non-hydrogen) atoms. The zero-order valence-corrected chi connectivity index (χ0v) is 10.4. The average Bonchev–Trinajstić information content (AvgIpc) is 2.60. The predicted octanol–water partition coefficient (Wildman–Crippen LogP) is 1.96. The van der Waals surface area contributed by atoms with Gasteiger partial charge < -0.3 is 10.4 Å². The van der Waals surface area contributed by atoms with Crippen LogP contribution in [0.5, 0.6) is 0 Å². The van der Waals surface area contributed by atoms with Crippen LogP contribution in [0.2, 0.25) is 0 Å². The molecule has 1 heterocycles. The van der Waals surface area contributed by atoms with Crippen LogP contribution in [0, 0.1) is 5.92 Å². The molecule has 0 saturated heterocycles. The number of carbonyl (C=O) groups is 2. The van der Waals surface area contributed by atoms with Crippen LogP contribution in [0.25, 0.3) is 0 Å². The van der Waals surface area contributed by atoms with Gasteiger partial charge in [0.2, 0.25) is 0 Å². The van der Waals surface area contributed by atoms with Crippen LogP contribution in [0.15, 0.2) is 15.2 Å². The van der Waals surface area contributed by atoms with Crippen molar-refractivity contribution in [3.05, 3.63) is 20.8 Å². The molecule has 1 aromatic heterocycles. The van der Waals surface area contributed by atoms with Gasteiger partial charge in [-0.05, 0) is 22.0 Å². The summed E-state index contributed by atoms with van der Waals surface area (Å²) in [6.45, 7) is 1.69. The summed E-state index contributed by atoms with van der Waals surface area (Å²) in [6, 6.07) is 1.70. The molecular formula is C9H10BrNO3S. The maximum Gasteiger partial charge on any atom is 0.308 e. The summed E-state index contributed by atoms with van der Waals surface area (Å²) < 4.78 is 0.874. The minimum absolute atomic E-state index is 0.141. The van der Waals surface area contributed by atoms with E-state index >= 15 is 0 Å². The smallest absolute Gasteiger partial charge is 0.308 e. The number of hydrogen-bond donors (Lipinski definition) is 2. The molecule has 0 aliphatic rings. The van der Waals surface area contributed by atoms with Gasteiger partial charge >= 0.3 is 5.97 Å². The molecule has 0 spiro atoms. The second-order valence-corrected chi connectivity index (χ2v) is 5.38. The lowest BCUT2D eigenvalue weighted by atomic mass is 10.2. The summed E-state index contributed by atoms with van der Waals surface area (Å²) in [5.74, 6) is -1.73. The van der Waals surface area contributed by atoms with E-state index in [0.717, 1.165) is 3.79 Å². The molecule has 4 nitrogen and oxygen atoms in total. The Morgan fingerprint density at radius 2 is 2.33 bits per heavy atom. The molecule has 1 atom stereocenters. The highest BCUT2D eigenvalue weighted by molar-refractivity contribution is 9.11. The van der Waals surface area contributed by atoms with Crippen molar-refractivity contribution in [3.8, 4) is 0 Å². The molecule has 0 bridgehead atoms. The van der Waals surface area contributed by atoms with Crippen molar-refractivity contribution in [3.63, 3.8) is 0 Å². The lowest BCUT2D eigenvalue weighted by Crippen LogP contribution is -2.31. The van der Waals surface area contributed by atoms with Gasteiger partial charge in [0.25, 0.3) is 5.91 Å². The summed E-state index contributed by atoms with van der Waals surface area (Å²) in [7, 11) is 0. The second kappa shape index (κ2) is 5.27. The fourth-order valence-electron chi connectivity index (χ4n) is 0.864. The normalized spacial score (nSPS) is 12.1. The topological polar surface area (TPSA) is 66.4 Å². The summed E-state index contributed by atoms with van der Waals surface area (Å²) in [5.41, 5.74) is 0.546. The molecule has 82 valence electrons. The van der Waals surface area contributed by atoms with Crippen molar-refractivity contribution >= 4 is 39.1 Å². The lowest BCUT2D eigenvalue weighted by molar-refractivity contribution is -0.140. The molecule has 1 aromatic rings. The third kappa shape index (κ3) is 3.64. The quantitative estimate of drug-likeness (QED) is 0.891. The monoisotopic (exact) mass is 291 g/mol. The lowest BCUT2D eigenvalue weighted by Gasteiger charge is -2.06. The minimum atomic E-state index is -0.915. The van der Waals surface area contributed by atoms with E-state index in [2.05, 4.69) is 21.2 Å². The van der Waals surface area contributed by atoms with Gasteiger partial charge in [-0.1, -0.05) is 6.92 Å². The Morgan fingerprint density at radius 3 is 2.80 bits per heavy atom. The molecule has 6 heteroatoms. The third-order valence-electron chi connectivity index (χ3n) is 1.82. The van der Waals surface area contributed by atoms with Crippen molar-refractivity contribution < 1.29 is 14.7 Å². The Hall–Kier alpha value is -0.880. The average molecular weight is 292 g/mol. The van der Waals surface area contributed by atoms with Crippen molar-refractivity contribution in [1.82, 2.24) is 5.32 Å². The molecule has 0 radical (unpaired) electrons. The van der Waals surface area contributed by atoms with E-state index in [1.807, 2.05) is 0 Å². The highest BCUT2D eigenvalue weighted by atomic mass is 79.9. The van der Waals surface area contributed by atoms with Crippen LogP contribution < -0.4 is 5.32 Å². The second-order valence-electron chi connectivity index (χ2n) is 3.09. The number of nitrogens with one attached hydrogen (secondary N) is 1. The molecule has 2 N–H and O–H groups in total. The van der Waals surface area contributed by atoms with Gasteiger partial charge in [0, 0.05) is 11.9 Å². The number of carboxylic acid groups (broad SMARTS) is 1. The number of carbonyl (C=O) groups excluding carboxylic acids is 1. The Bertz CT molecular complexity index is 377. The predicted molar refractivity (Wildman–Crippen MR) is 61.2 cm³/mol. The fourth-order valence-corrected chi connectivity index (χ4v) is 2.00. The largest absolute Gasteiger partial charge is 0.481 e. The highest BCUT2D eigenvalue weighted by Gasteiger charge is 2.13. The number of rotatable bonds is 4. The maximum absolute atomic E-state index is 11.5. The summed E-state index contributed by atoms with van der Waals surface area (Å²) in [4.78, 5) is 22.0. The molecule has 1 unspecified atom stereocenters. The summed E-state index contributed by atoms with van der Waals surface area (Å²) >= 11 is 4.66. The number of aliphatic carboxylic acids is 1. The first-order valence-electron chi connectivity index (χ1n) is 4.25. The Labute approximate surface area is 99.4 Å². The van der Waals surface area contributed by atoms with Crippen molar-refractivity contribution in [2.45, 2.75) is 6.92 Å². The van der Waals surface area contributed by atoms with Gasteiger partial charge in [-0.15, -0.1) is 11.3 Å². The number of halogens is 1. The third-order valence-corrected chi connectivity index (χ3v) is 3.32. The first-order valence-corrected chi connectivity index (χ1v) is 5.93. The number of hydrogen-bond acceptors (Lipinski definition) is 3. The van der Waals surface area contributed by atoms with Crippen molar-refractivity contribution in [2.75, 3.05) is 6.54 Å². The van der Waals surface area contributed by atoms with E-state index in [4.69, 9.17) is 5.11 Å². The zero-order chi connectivity index (χ0) is 11.4. The molecule has 0 aliphatic carbocycles. The Morgan fingerprint density at radius 1 is 1.67 bits per heavy atom. The van der Waals surface area contributed by atoms with Crippen molar-refractivity contribution in [1.29, 1.82) is 0 Å². The van der Waals surface area contributed by atoms with E-state index in [-0.39, 0.29) is 12.5 Å². The van der Waals surface area contributed by atoms with Gasteiger partial charge in [0.15, 0.2) is 0 Å². The molecule has 0 fully saturated rings. The van der Waals surface area contributed by atoms with E-state index in [0.29, 0.717) is 5.56 Å². The molecule has 0 saturated carbocycles. The number of amides is 1. The maximum atomic E-state index is 11.5. The Balaban J connectivity index is 2.47. The molecular weight excluding hydrogens is 282 g/mol. The molecule has 1 rings (SSSR count). The molecule has 0 aliphatic heterocycles. The van der Waals surface area contributed by atoms with Crippen LogP contribution in [-0.4, -0.2) is 23.5 Å².